The Kier molecular flexibility index (Phi) is 2.77. The van der Waals surface area contributed by atoms with Crippen molar-refractivity contribution in [3.05, 3.63) is 40.7 Å². The maximum atomic E-state index is 11.7. The minimum Gasteiger partial charge on any atom is -0.369 e. The Labute approximate surface area is 93.8 Å². The third-order valence-electron chi connectivity index (χ3n) is 2.31. The molecule has 0 atom stereocenters. The summed E-state index contributed by atoms with van der Waals surface area (Å²) in [6, 6.07) is 9.50. The van der Waals surface area contributed by atoms with Crippen molar-refractivity contribution in [3.63, 3.8) is 0 Å². The zero-order chi connectivity index (χ0) is 11.5. The van der Waals surface area contributed by atoms with Gasteiger partial charge in [-0.25, -0.2) is 4.98 Å². The summed E-state index contributed by atoms with van der Waals surface area (Å²) in [6.45, 7) is 1.80. The highest BCUT2D eigenvalue weighted by atomic mass is 16.1. The Morgan fingerprint density at radius 1 is 1.31 bits per heavy atom. The van der Waals surface area contributed by atoms with Gasteiger partial charge in [0.05, 0.1) is 5.69 Å². The maximum Gasteiger partial charge on any atom is 0.246 e. The topological polar surface area (TPSA) is 71.8 Å². The summed E-state index contributed by atoms with van der Waals surface area (Å²) in [6.07, 6.45) is 0. The molecule has 1 radical (unpaired) electrons. The number of hydrogen-bond donors (Lipinski definition) is 2. The molecule has 1 aromatic carbocycles. The number of nitrogen functional groups attached to an aromatic ring is 1. The number of nitrogens with zero attached hydrogens (tertiary/aromatic N) is 1. The van der Waals surface area contributed by atoms with Crippen LogP contribution < -0.4 is 16.8 Å². The molecular formula is C11H11BN3O. The fourth-order valence-corrected chi connectivity index (χ4v) is 1.58. The minimum atomic E-state index is -0.214. The van der Waals surface area contributed by atoms with Gasteiger partial charge in [0, 0.05) is 5.46 Å². The van der Waals surface area contributed by atoms with Gasteiger partial charge < -0.3 is 5.73 Å². The molecule has 4 nitrogen and oxygen atoms in total. The van der Waals surface area contributed by atoms with E-state index in [1.165, 1.54) is 0 Å². The van der Waals surface area contributed by atoms with Crippen LogP contribution in [0.1, 0.15) is 0 Å². The lowest BCUT2D eigenvalue weighted by atomic mass is 9.72. The molecule has 0 saturated carbocycles. The Balaban J connectivity index is 2.69. The lowest BCUT2D eigenvalue weighted by Crippen LogP contribution is -2.35. The first-order valence-electron chi connectivity index (χ1n) is 4.97. The number of benzene rings is 1. The molecule has 0 aliphatic rings. The molecular weight excluding hydrogens is 201 g/mol. The number of H-pyrrole nitrogens is 1. The highest BCUT2D eigenvalue weighted by Gasteiger charge is 2.10. The van der Waals surface area contributed by atoms with Crippen LogP contribution in [0.15, 0.2) is 35.1 Å². The number of rotatable bonds is 2. The minimum absolute atomic E-state index is 0.134. The summed E-state index contributed by atoms with van der Waals surface area (Å²) >= 11 is 0. The molecule has 0 unspecified atom stereocenters. The predicted octanol–water partition coefficient (Wildman–Crippen LogP) is 0.397. The molecule has 0 aliphatic carbocycles. The standard InChI is InChI=1S/C11H11BN3O/c1-12-8-9(7-5-3-2-4-6-7)14-11(13)15-10(8)16/h2-6H,1H3,(H3,13,14,15,16). The zero-order valence-corrected chi connectivity index (χ0v) is 8.90. The lowest BCUT2D eigenvalue weighted by Gasteiger charge is -2.06. The second kappa shape index (κ2) is 4.22. The van der Waals surface area contributed by atoms with Crippen LogP contribution in [0, 0.1) is 0 Å². The third kappa shape index (κ3) is 1.84. The van der Waals surface area contributed by atoms with Gasteiger partial charge in [0.1, 0.15) is 0 Å². The van der Waals surface area contributed by atoms with Crippen LogP contribution in [0.3, 0.4) is 0 Å². The van der Waals surface area contributed by atoms with Crippen molar-refractivity contribution < 1.29 is 0 Å². The average Bonchev–Trinajstić information content (AvgIpc) is 2.29. The molecule has 0 fully saturated rings. The van der Waals surface area contributed by atoms with E-state index in [0.717, 1.165) is 5.56 Å². The number of aromatic nitrogens is 2. The Bertz CT molecular complexity index is 551. The number of anilines is 1. The first-order valence-corrected chi connectivity index (χ1v) is 4.97. The van der Waals surface area contributed by atoms with Crippen molar-refractivity contribution in [1.29, 1.82) is 0 Å². The van der Waals surface area contributed by atoms with E-state index in [-0.39, 0.29) is 11.5 Å². The van der Waals surface area contributed by atoms with E-state index >= 15 is 0 Å². The van der Waals surface area contributed by atoms with Crippen LogP contribution in [0.5, 0.6) is 0 Å². The van der Waals surface area contributed by atoms with Crippen LogP contribution in [0.4, 0.5) is 5.95 Å². The van der Waals surface area contributed by atoms with Crippen molar-refractivity contribution in [2.45, 2.75) is 6.82 Å². The van der Waals surface area contributed by atoms with Crippen molar-refractivity contribution in [3.8, 4) is 11.3 Å². The Morgan fingerprint density at radius 3 is 2.62 bits per heavy atom. The van der Waals surface area contributed by atoms with E-state index in [9.17, 15) is 4.79 Å². The summed E-state index contributed by atoms with van der Waals surface area (Å²) in [7, 11) is 1.73. The zero-order valence-electron chi connectivity index (χ0n) is 8.90. The van der Waals surface area contributed by atoms with Crippen LogP contribution in [0.25, 0.3) is 11.3 Å². The molecule has 2 aromatic rings. The summed E-state index contributed by atoms with van der Waals surface area (Å²) in [4.78, 5) is 18.3. The van der Waals surface area contributed by atoms with E-state index in [4.69, 9.17) is 5.73 Å². The van der Waals surface area contributed by atoms with E-state index in [2.05, 4.69) is 9.97 Å². The maximum absolute atomic E-state index is 11.7. The summed E-state index contributed by atoms with van der Waals surface area (Å²) in [5, 5.41) is 0. The van der Waals surface area contributed by atoms with E-state index in [1.807, 2.05) is 30.3 Å². The molecule has 16 heavy (non-hydrogen) atoms. The van der Waals surface area contributed by atoms with Gasteiger partial charge in [-0.15, -0.1) is 0 Å². The van der Waals surface area contributed by atoms with Gasteiger partial charge >= 0.3 is 0 Å². The van der Waals surface area contributed by atoms with E-state index < -0.39 is 0 Å². The average molecular weight is 212 g/mol. The fourth-order valence-electron chi connectivity index (χ4n) is 1.58. The van der Waals surface area contributed by atoms with Crippen LogP contribution in [-0.4, -0.2) is 17.2 Å². The highest BCUT2D eigenvalue weighted by molar-refractivity contribution is 6.53. The smallest absolute Gasteiger partial charge is 0.246 e. The van der Waals surface area contributed by atoms with E-state index in [1.54, 1.807) is 14.1 Å². The van der Waals surface area contributed by atoms with Crippen molar-refractivity contribution in [2.75, 3.05) is 5.73 Å². The number of nitrogens with one attached hydrogen (secondary N) is 1. The molecule has 0 bridgehead atoms. The van der Waals surface area contributed by atoms with Gasteiger partial charge in [0.2, 0.25) is 11.5 Å². The first-order chi connectivity index (χ1) is 7.72. The molecule has 0 amide bonds. The molecule has 1 aromatic heterocycles. The molecule has 5 heteroatoms. The van der Waals surface area contributed by atoms with Gasteiger partial charge in [-0.2, -0.15) is 0 Å². The second-order valence-corrected chi connectivity index (χ2v) is 3.37. The largest absolute Gasteiger partial charge is 0.369 e. The van der Waals surface area contributed by atoms with Crippen LogP contribution in [-0.2, 0) is 0 Å². The van der Waals surface area contributed by atoms with E-state index in [0.29, 0.717) is 11.2 Å². The van der Waals surface area contributed by atoms with Gasteiger partial charge in [-0.1, -0.05) is 37.2 Å². The highest BCUT2D eigenvalue weighted by Crippen LogP contribution is 2.13. The first kappa shape index (κ1) is 10.5. The molecule has 1 heterocycles. The van der Waals surface area contributed by atoms with Gasteiger partial charge in [0.15, 0.2) is 7.28 Å². The normalized spacial score (nSPS) is 10.1. The Morgan fingerprint density at radius 2 is 2.00 bits per heavy atom. The SMILES string of the molecule is C[B]c1c(-c2ccccc2)nc(N)[nH]c1=O. The van der Waals surface area contributed by atoms with Crippen LogP contribution >= 0.6 is 0 Å². The van der Waals surface area contributed by atoms with Crippen molar-refractivity contribution >= 4 is 18.7 Å². The molecule has 0 spiro atoms. The monoisotopic (exact) mass is 212 g/mol. The molecule has 79 valence electrons. The second-order valence-electron chi connectivity index (χ2n) is 3.37. The number of aromatic amines is 1. The van der Waals surface area contributed by atoms with Crippen LogP contribution in [0.2, 0.25) is 6.82 Å². The van der Waals surface area contributed by atoms with Crippen molar-refractivity contribution in [2.24, 2.45) is 0 Å². The fraction of sp³-hybridized carbons (Fsp3) is 0.0909. The Hall–Kier alpha value is -2.04. The summed E-state index contributed by atoms with van der Waals surface area (Å²) in [5.41, 5.74) is 7.37. The van der Waals surface area contributed by atoms with Crippen molar-refractivity contribution in [1.82, 2.24) is 9.97 Å². The third-order valence-corrected chi connectivity index (χ3v) is 2.31. The predicted molar refractivity (Wildman–Crippen MR) is 66.0 cm³/mol. The quantitative estimate of drug-likeness (QED) is 0.707. The molecule has 2 rings (SSSR count). The van der Waals surface area contributed by atoms with Gasteiger partial charge in [-0.05, 0) is 5.56 Å². The lowest BCUT2D eigenvalue weighted by molar-refractivity contribution is 1.16. The van der Waals surface area contributed by atoms with Gasteiger partial charge in [-0.3, -0.25) is 9.78 Å². The van der Waals surface area contributed by atoms with Gasteiger partial charge in [0.25, 0.3) is 0 Å². The summed E-state index contributed by atoms with van der Waals surface area (Å²) < 4.78 is 0. The molecule has 3 N–H and O–H groups in total. The molecule has 0 aliphatic heterocycles. The number of nitrogens with two attached hydrogens (primary N) is 1. The summed E-state index contributed by atoms with van der Waals surface area (Å²) in [5.74, 6) is 0.134. The number of hydrogen-bond acceptors (Lipinski definition) is 3. The molecule has 0 saturated heterocycles.